The van der Waals surface area contributed by atoms with Gasteiger partial charge in [-0.1, -0.05) is 19.3 Å². The molecule has 1 spiro atoms. The van der Waals surface area contributed by atoms with Gasteiger partial charge in [-0.25, -0.2) is 0 Å². The number of hydrogen-bond donors (Lipinski definition) is 2. The van der Waals surface area contributed by atoms with E-state index in [-0.39, 0.29) is 24.0 Å². The van der Waals surface area contributed by atoms with Gasteiger partial charge in [0.2, 0.25) is 5.91 Å². The summed E-state index contributed by atoms with van der Waals surface area (Å²) in [6.45, 7) is 11.4. The van der Waals surface area contributed by atoms with Gasteiger partial charge in [0.1, 0.15) is 0 Å². The van der Waals surface area contributed by atoms with Gasteiger partial charge in [-0.3, -0.25) is 14.7 Å². The van der Waals surface area contributed by atoms with Crippen molar-refractivity contribution in [3.8, 4) is 0 Å². The van der Waals surface area contributed by atoms with Crippen molar-refractivity contribution in [1.82, 2.24) is 20.4 Å². The largest absolute Gasteiger partial charge is 0.378 e. The van der Waals surface area contributed by atoms with Crippen molar-refractivity contribution >= 4 is 35.8 Å². The minimum atomic E-state index is 0. The molecule has 2 N–H and O–H groups in total. The van der Waals surface area contributed by atoms with Crippen molar-refractivity contribution in [2.75, 3.05) is 52.4 Å². The van der Waals surface area contributed by atoms with Crippen LogP contribution >= 0.6 is 24.0 Å². The molecule has 2 atom stereocenters. The predicted octanol–water partition coefficient (Wildman–Crippen LogP) is 2.84. The molecule has 184 valence electrons. The van der Waals surface area contributed by atoms with Crippen molar-refractivity contribution in [1.29, 1.82) is 0 Å². The van der Waals surface area contributed by atoms with Crippen LogP contribution in [-0.4, -0.2) is 86.2 Å². The molecule has 1 amide bonds. The fraction of sp³-hybridized carbons (Fsp3) is 0.917. The summed E-state index contributed by atoms with van der Waals surface area (Å²) in [5, 5.41) is 7.19. The van der Waals surface area contributed by atoms with Crippen LogP contribution in [0.25, 0.3) is 0 Å². The van der Waals surface area contributed by atoms with E-state index in [1.807, 2.05) is 0 Å². The second-order valence-electron chi connectivity index (χ2n) is 9.87. The zero-order chi connectivity index (χ0) is 21.7. The summed E-state index contributed by atoms with van der Waals surface area (Å²) in [4.78, 5) is 21.9. The number of hydrogen-bond acceptors (Lipinski definition) is 4. The Balaban J connectivity index is 0.00000289. The molecule has 4 aliphatic rings. The first kappa shape index (κ1) is 26.0. The Morgan fingerprint density at radius 3 is 2.41 bits per heavy atom. The SMILES string of the molecule is CCNC(=NCCN1CCN(C(=O)C2CCC2)CC1)NC1CC(OCC)C12CCCC2.I. The van der Waals surface area contributed by atoms with Crippen LogP contribution in [0, 0.1) is 11.3 Å². The first-order valence-electron chi connectivity index (χ1n) is 12.8. The molecule has 0 bridgehead atoms. The Labute approximate surface area is 211 Å². The second-order valence-corrected chi connectivity index (χ2v) is 9.87. The zero-order valence-corrected chi connectivity index (χ0v) is 22.4. The topological polar surface area (TPSA) is 69.2 Å². The van der Waals surface area contributed by atoms with Crippen LogP contribution in [0.1, 0.15) is 65.2 Å². The molecule has 1 aliphatic heterocycles. The summed E-state index contributed by atoms with van der Waals surface area (Å²) in [6, 6.07) is 0.477. The van der Waals surface area contributed by atoms with Crippen LogP contribution in [0.4, 0.5) is 0 Å². The summed E-state index contributed by atoms with van der Waals surface area (Å²) in [6.07, 6.45) is 10.1. The minimum absolute atomic E-state index is 0. The highest BCUT2D eigenvalue weighted by molar-refractivity contribution is 14.0. The van der Waals surface area contributed by atoms with Gasteiger partial charge in [-0.05, 0) is 46.0 Å². The molecule has 8 heteroatoms. The molecule has 32 heavy (non-hydrogen) atoms. The summed E-state index contributed by atoms with van der Waals surface area (Å²) < 4.78 is 6.06. The molecule has 2 unspecified atom stereocenters. The molecule has 4 rings (SSSR count). The van der Waals surface area contributed by atoms with Crippen LogP contribution in [0.15, 0.2) is 4.99 Å². The van der Waals surface area contributed by atoms with Gasteiger partial charge in [-0.2, -0.15) is 0 Å². The van der Waals surface area contributed by atoms with E-state index in [1.165, 1.54) is 32.1 Å². The number of rotatable bonds is 8. The maximum absolute atomic E-state index is 12.4. The van der Waals surface area contributed by atoms with Crippen LogP contribution in [0.3, 0.4) is 0 Å². The number of nitrogens with zero attached hydrogens (tertiary/aromatic N) is 3. The lowest BCUT2D eigenvalue weighted by Crippen LogP contribution is -2.65. The molecule has 7 nitrogen and oxygen atoms in total. The lowest BCUT2D eigenvalue weighted by atomic mass is 9.60. The first-order chi connectivity index (χ1) is 15.2. The van der Waals surface area contributed by atoms with Gasteiger partial charge in [-0.15, -0.1) is 24.0 Å². The van der Waals surface area contributed by atoms with Crippen molar-refractivity contribution in [3.63, 3.8) is 0 Å². The Kier molecular flexibility index (Phi) is 9.91. The van der Waals surface area contributed by atoms with Crippen LogP contribution < -0.4 is 10.6 Å². The highest BCUT2D eigenvalue weighted by Crippen LogP contribution is 2.54. The van der Waals surface area contributed by atoms with Gasteiger partial charge >= 0.3 is 0 Å². The van der Waals surface area contributed by atoms with Gasteiger partial charge < -0.3 is 20.3 Å². The molecule has 0 radical (unpaired) electrons. The number of carbonyl (C=O) groups excluding carboxylic acids is 1. The Bertz CT molecular complexity index is 628. The highest BCUT2D eigenvalue weighted by Gasteiger charge is 2.56. The summed E-state index contributed by atoms with van der Waals surface area (Å²) in [5.74, 6) is 1.67. The Morgan fingerprint density at radius 2 is 1.81 bits per heavy atom. The molecule has 3 saturated carbocycles. The predicted molar refractivity (Wildman–Crippen MR) is 140 cm³/mol. The average Bonchev–Trinajstić information content (AvgIpc) is 3.25. The van der Waals surface area contributed by atoms with Gasteiger partial charge in [0.15, 0.2) is 5.96 Å². The summed E-state index contributed by atoms with van der Waals surface area (Å²) in [5.41, 5.74) is 0.315. The lowest BCUT2D eigenvalue weighted by molar-refractivity contribution is -0.139. The number of guanidine groups is 1. The standard InChI is InChI=1S/C24H43N5O2.HI/c1-3-25-23(27-20-18-21(31-4-2)24(20)10-5-6-11-24)26-12-13-28-14-16-29(17-15-28)22(30)19-8-7-9-19;/h19-21H,3-18H2,1-2H3,(H2,25,26,27);1H. The van der Waals surface area contributed by atoms with E-state index in [2.05, 4.69) is 34.3 Å². The number of carbonyl (C=O) groups is 1. The molecule has 3 aliphatic carbocycles. The van der Waals surface area contributed by atoms with E-state index in [4.69, 9.17) is 9.73 Å². The van der Waals surface area contributed by atoms with E-state index in [9.17, 15) is 4.79 Å². The van der Waals surface area contributed by atoms with E-state index in [0.29, 0.717) is 29.4 Å². The van der Waals surface area contributed by atoms with Crippen molar-refractivity contribution in [3.05, 3.63) is 0 Å². The number of nitrogens with one attached hydrogen (secondary N) is 2. The minimum Gasteiger partial charge on any atom is -0.378 e. The quantitative estimate of drug-likeness (QED) is 0.271. The number of halogens is 1. The Morgan fingerprint density at radius 1 is 1.09 bits per heavy atom. The first-order valence-corrected chi connectivity index (χ1v) is 12.8. The van der Waals surface area contributed by atoms with Gasteiger partial charge in [0.25, 0.3) is 0 Å². The number of piperazine rings is 1. The monoisotopic (exact) mass is 561 g/mol. The van der Waals surface area contributed by atoms with E-state index < -0.39 is 0 Å². The van der Waals surface area contributed by atoms with Crippen LogP contribution in [-0.2, 0) is 9.53 Å². The van der Waals surface area contributed by atoms with Crippen molar-refractivity contribution in [2.45, 2.75) is 77.4 Å². The normalized spacial score (nSPS) is 28.1. The maximum Gasteiger partial charge on any atom is 0.225 e. The number of ether oxygens (including phenoxy) is 1. The fourth-order valence-electron chi connectivity index (χ4n) is 5.98. The van der Waals surface area contributed by atoms with E-state index in [1.54, 1.807) is 0 Å². The van der Waals surface area contributed by atoms with Crippen LogP contribution in [0.5, 0.6) is 0 Å². The fourth-order valence-corrected chi connectivity index (χ4v) is 5.98. The van der Waals surface area contributed by atoms with Crippen molar-refractivity contribution < 1.29 is 9.53 Å². The molecule has 0 aromatic carbocycles. The number of aliphatic imine (C=N–C) groups is 1. The van der Waals surface area contributed by atoms with Gasteiger partial charge in [0, 0.05) is 63.3 Å². The Hall–Kier alpha value is -0.610. The molecular weight excluding hydrogens is 517 g/mol. The molecule has 1 saturated heterocycles. The third-order valence-corrected chi connectivity index (χ3v) is 8.17. The summed E-state index contributed by atoms with van der Waals surface area (Å²) in [7, 11) is 0. The number of amides is 1. The highest BCUT2D eigenvalue weighted by atomic mass is 127. The molecule has 0 aromatic heterocycles. The lowest BCUT2D eigenvalue weighted by Gasteiger charge is -2.54. The average molecular weight is 562 g/mol. The molecule has 1 heterocycles. The molecule has 4 fully saturated rings. The van der Waals surface area contributed by atoms with E-state index in [0.717, 1.165) is 77.6 Å². The third kappa shape index (κ3) is 5.71. The van der Waals surface area contributed by atoms with Gasteiger partial charge in [0.05, 0.1) is 12.6 Å². The summed E-state index contributed by atoms with van der Waals surface area (Å²) >= 11 is 0. The molecular formula is C24H44IN5O2. The maximum atomic E-state index is 12.4. The zero-order valence-electron chi connectivity index (χ0n) is 20.1. The second kappa shape index (κ2) is 12.2. The van der Waals surface area contributed by atoms with Crippen LogP contribution in [0.2, 0.25) is 0 Å². The molecule has 0 aromatic rings. The van der Waals surface area contributed by atoms with Crippen molar-refractivity contribution in [2.24, 2.45) is 16.3 Å². The van der Waals surface area contributed by atoms with E-state index >= 15 is 0 Å². The third-order valence-electron chi connectivity index (χ3n) is 8.17. The smallest absolute Gasteiger partial charge is 0.225 e.